The lowest BCUT2D eigenvalue weighted by Gasteiger charge is -2.40. The van der Waals surface area contributed by atoms with Crippen molar-refractivity contribution in [2.75, 3.05) is 18.8 Å². The lowest BCUT2D eigenvalue weighted by molar-refractivity contribution is -0.109. The number of rotatable bonds is 2. The van der Waals surface area contributed by atoms with Crippen molar-refractivity contribution in [2.24, 2.45) is 7.05 Å². The Morgan fingerprint density at radius 3 is 2.63 bits per heavy atom. The molecule has 8 heteroatoms. The van der Waals surface area contributed by atoms with Crippen LogP contribution in [0.25, 0.3) is 0 Å². The first-order chi connectivity index (χ1) is 8.63. The Bertz CT molecular complexity index is 559. The number of nitrogen functional groups attached to an aromatic ring is 1. The summed E-state index contributed by atoms with van der Waals surface area (Å²) in [5.41, 5.74) is 5.15. The highest BCUT2D eigenvalue weighted by atomic mass is 32.2. The van der Waals surface area contributed by atoms with Crippen molar-refractivity contribution in [3.63, 3.8) is 0 Å². The topological polar surface area (TPSA) is 90.5 Å². The van der Waals surface area contributed by atoms with Crippen LogP contribution in [0.1, 0.15) is 20.8 Å². The molecule has 1 fully saturated rings. The second-order valence-electron chi connectivity index (χ2n) is 5.53. The van der Waals surface area contributed by atoms with E-state index in [-0.39, 0.29) is 16.9 Å². The molecule has 1 aromatic rings. The minimum Gasteiger partial charge on any atom is -0.381 e. The minimum atomic E-state index is -3.66. The molecule has 1 saturated heterocycles. The van der Waals surface area contributed by atoms with Crippen molar-refractivity contribution in [3.05, 3.63) is 6.33 Å². The molecule has 0 bridgehead atoms. The van der Waals surface area contributed by atoms with E-state index < -0.39 is 15.6 Å². The average molecular weight is 288 g/mol. The third-order valence-corrected chi connectivity index (χ3v) is 4.98. The van der Waals surface area contributed by atoms with Crippen LogP contribution in [0.4, 0.5) is 5.82 Å². The Hall–Kier alpha value is -1.12. The number of aromatic nitrogens is 2. The minimum absolute atomic E-state index is 0.0273. The van der Waals surface area contributed by atoms with Crippen LogP contribution < -0.4 is 5.73 Å². The van der Waals surface area contributed by atoms with E-state index in [2.05, 4.69) is 4.98 Å². The molecular weight excluding hydrogens is 268 g/mol. The molecule has 108 valence electrons. The van der Waals surface area contributed by atoms with Crippen molar-refractivity contribution in [1.29, 1.82) is 0 Å². The number of nitrogens with two attached hydrogens (primary N) is 1. The summed E-state index contributed by atoms with van der Waals surface area (Å²) in [6.45, 7) is 6.21. The zero-order chi connectivity index (χ0) is 14.4. The van der Waals surface area contributed by atoms with Gasteiger partial charge in [-0.25, -0.2) is 13.4 Å². The Morgan fingerprint density at radius 2 is 2.16 bits per heavy atom. The van der Waals surface area contributed by atoms with Gasteiger partial charge in [-0.3, -0.25) is 0 Å². The Balaban J connectivity index is 2.40. The van der Waals surface area contributed by atoms with Crippen molar-refractivity contribution >= 4 is 15.8 Å². The number of hydrogen-bond donors (Lipinski definition) is 1. The summed E-state index contributed by atoms with van der Waals surface area (Å²) < 4.78 is 33.9. The van der Waals surface area contributed by atoms with Gasteiger partial charge in [0.2, 0.25) is 0 Å². The van der Waals surface area contributed by atoms with E-state index in [9.17, 15) is 8.42 Å². The molecular formula is C11H20N4O3S. The lowest BCUT2D eigenvalue weighted by atomic mass is 10.1. The molecule has 0 saturated carbocycles. The Labute approximate surface area is 113 Å². The molecule has 1 unspecified atom stereocenters. The van der Waals surface area contributed by atoms with Crippen molar-refractivity contribution in [1.82, 2.24) is 13.9 Å². The SMILES string of the molecule is CC1CN(S(=O)(=O)c2c(N)ncn2C)CC(C)(C)O1. The van der Waals surface area contributed by atoms with E-state index in [4.69, 9.17) is 10.5 Å². The van der Waals surface area contributed by atoms with Gasteiger partial charge in [0.15, 0.2) is 10.8 Å². The second-order valence-corrected chi connectivity index (χ2v) is 7.38. The van der Waals surface area contributed by atoms with Crippen LogP contribution in [0.5, 0.6) is 0 Å². The number of nitrogens with zero attached hydrogens (tertiary/aromatic N) is 3. The fourth-order valence-corrected chi connectivity index (χ4v) is 4.31. The molecule has 2 heterocycles. The van der Waals surface area contributed by atoms with Gasteiger partial charge in [0.1, 0.15) is 0 Å². The Morgan fingerprint density at radius 1 is 1.53 bits per heavy atom. The molecule has 2 rings (SSSR count). The smallest absolute Gasteiger partial charge is 0.262 e. The number of imidazole rings is 1. The fraction of sp³-hybridized carbons (Fsp3) is 0.727. The van der Waals surface area contributed by atoms with E-state index in [1.165, 1.54) is 15.2 Å². The summed E-state index contributed by atoms with van der Waals surface area (Å²) in [5.74, 6) is 0.0273. The fourth-order valence-electron chi connectivity index (χ4n) is 2.45. The molecule has 1 atom stereocenters. The third kappa shape index (κ3) is 2.60. The van der Waals surface area contributed by atoms with Crippen LogP contribution in [0, 0.1) is 0 Å². The van der Waals surface area contributed by atoms with Gasteiger partial charge in [0.05, 0.1) is 18.0 Å². The van der Waals surface area contributed by atoms with E-state index >= 15 is 0 Å². The molecule has 7 nitrogen and oxygen atoms in total. The van der Waals surface area contributed by atoms with Gasteiger partial charge in [-0.15, -0.1) is 0 Å². The van der Waals surface area contributed by atoms with E-state index in [1.807, 2.05) is 20.8 Å². The molecule has 19 heavy (non-hydrogen) atoms. The summed E-state index contributed by atoms with van der Waals surface area (Å²) in [7, 11) is -2.04. The highest BCUT2D eigenvalue weighted by Gasteiger charge is 2.39. The Kier molecular flexibility index (Phi) is 3.36. The maximum absolute atomic E-state index is 12.7. The van der Waals surface area contributed by atoms with Gasteiger partial charge in [-0.1, -0.05) is 0 Å². The predicted molar refractivity (Wildman–Crippen MR) is 71.0 cm³/mol. The standard InChI is InChI=1S/C11H20N4O3S/c1-8-5-15(6-11(2,3)18-8)19(16,17)10-9(12)13-7-14(10)4/h7-8H,5-6,12H2,1-4H3. The van der Waals surface area contributed by atoms with Crippen LogP contribution in [0.2, 0.25) is 0 Å². The molecule has 1 aliphatic heterocycles. The van der Waals surface area contributed by atoms with Crippen LogP contribution in [-0.4, -0.2) is 47.1 Å². The number of hydrogen-bond acceptors (Lipinski definition) is 5. The predicted octanol–water partition coefficient (Wildman–Crippen LogP) is 0.190. The van der Waals surface area contributed by atoms with Gasteiger partial charge in [-0.05, 0) is 20.8 Å². The number of aryl methyl sites for hydroxylation is 1. The average Bonchev–Trinajstić information content (AvgIpc) is 2.55. The van der Waals surface area contributed by atoms with E-state index in [0.717, 1.165) is 0 Å². The molecule has 2 N–H and O–H groups in total. The number of anilines is 1. The monoisotopic (exact) mass is 288 g/mol. The summed E-state index contributed by atoms with van der Waals surface area (Å²) >= 11 is 0. The van der Waals surface area contributed by atoms with Gasteiger partial charge in [0.25, 0.3) is 10.0 Å². The summed E-state index contributed by atoms with van der Waals surface area (Å²) in [4.78, 5) is 3.84. The molecule has 0 amide bonds. The highest BCUT2D eigenvalue weighted by Crippen LogP contribution is 2.28. The van der Waals surface area contributed by atoms with Crippen molar-refractivity contribution in [2.45, 2.75) is 37.5 Å². The summed E-state index contributed by atoms with van der Waals surface area (Å²) in [6.07, 6.45) is 1.24. The largest absolute Gasteiger partial charge is 0.381 e. The van der Waals surface area contributed by atoms with Gasteiger partial charge >= 0.3 is 0 Å². The summed E-state index contributed by atoms with van der Waals surface area (Å²) in [6, 6.07) is 0. The zero-order valence-electron chi connectivity index (χ0n) is 11.6. The first kappa shape index (κ1) is 14.3. The van der Waals surface area contributed by atoms with Crippen LogP contribution in [0.15, 0.2) is 11.4 Å². The van der Waals surface area contributed by atoms with Crippen molar-refractivity contribution < 1.29 is 13.2 Å². The van der Waals surface area contributed by atoms with Crippen LogP contribution in [-0.2, 0) is 21.8 Å². The van der Waals surface area contributed by atoms with Crippen LogP contribution >= 0.6 is 0 Å². The molecule has 0 radical (unpaired) electrons. The number of morpholine rings is 1. The van der Waals surface area contributed by atoms with Gasteiger partial charge in [0, 0.05) is 20.1 Å². The first-order valence-electron chi connectivity index (χ1n) is 6.08. The maximum Gasteiger partial charge on any atom is 0.262 e. The van der Waals surface area contributed by atoms with Crippen LogP contribution in [0.3, 0.4) is 0 Å². The van der Waals surface area contributed by atoms with Crippen molar-refractivity contribution in [3.8, 4) is 0 Å². The molecule has 1 aromatic heterocycles. The first-order valence-corrected chi connectivity index (χ1v) is 7.52. The molecule has 0 aliphatic carbocycles. The number of sulfonamides is 1. The van der Waals surface area contributed by atoms with E-state index in [1.54, 1.807) is 7.05 Å². The third-order valence-electron chi connectivity index (χ3n) is 3.03. The second kappa shape index (κ2) is 4.46. The lowest BCUT2D eigenvalue weighted by Crippen LogP contribution is -2.53. The maximum atomic E-state index is 12.7. The molecule has 0 aromatic carbocycles. The molecule has 1 aliphatic rings. The van der Waals surface area contributed by atoms with Gasteiger partial charge in [-0.2, -0.15) is 4.31 Å². The van der Waals surface area contributed by atoms with E-state index in [0.29, 0.717) is 13.1 Å². The zero-order valence-corrected chi connectivity index (χ0v) is 12.4. The summed E-state index contributed by atoms with van der Waals surface area (Å²) in [5, 5.41) is 0.0393. The molecule has 0 spiro atoms. The number of ether oxygens (including phenoxy) is 1. The van der Waals surface area contributed by atoms with Gasteiger partial charge < -0.3 is 15.0 Å². The highest BCUT2D eigenvalue weighted by molar-refractivity contribution is 7.89. The normalized spacial score (nSPS) is 24.5. The quantitative estimate of drug-likeness (QED) is 0.839.